The molecule has 1 aromatic heterocycles. The Morgan fingerprint density at radius 3 is 2.52 bits per heavy atom. The van der Waals surface area contributed by atoms with Crippen LogP contribution in [0.15, 0.2) is 34.2 Å². The molecule has 2 aromatic rings. The number of nitrogens with zero attached hydrogens (tertiary/aromatic N) is 3. The van der Waals surface area contributed by atoms with Gasteiger partial charge in [0.15, 0.2) is 5.16 Å². The molecular formula is C19H25N3O2S. The first-order valence-electron chi connectivity index (χ1n) is 9.11. The van der Waals surface area contributed by atoms with Crippen LogP contribution in [-0.4, -0.2) is 39.2 Å². The zero-order valence-corrected chi connectivity index (χ0v) is 15.6. The van der Waals surface area contributed by atoms with E-state index < -0.39 is 0 Å². The smallest absolute Gasteiger partial charge is 0.262 e. The van der Waals surface area contributed by atoms with E-state index in [0.29, 0.717) is 28.4 Å². The van der Waals surface area contributed by atoms with Crippen LogP contribution in [0.4, 0.5) is 0 Å². The van der Waals surface area contributed by atoms with Crippen LogP contribution < -0.4 is 5.56 Å². The summed E-state index contributed by atoms with van der Waals surface area (Å²) >= 11 is 1.38. The van der Waals surface area contributed by atoms with Crippen LogP contribution in [0.5, 0.6) is 0 Å². The van der Waals surface area contributed by atoms with Crippen molar-refractivity contribution in [2.75, 3.05) is 18.8 Å². The normalized spacial score (nSPS) is 15.8. The van der Waals surface area contributed by atoms with Crippen molar-refractivity contribution in [1.82, 2.24) is 14.5 Å². The molecule has 0 N–H and O–H groups in total. The topological polar surface area (TPSA) is 55.2 Å². The summed E-state index contributed by atoms with van der Waals surface area (Å²) in [4.78, 5) is 31.8. The SMILES string of the molecule is CCn1c(SCC(=O)N2CCCCCCC2)nc2ccccc2c1=O. The molecule has 1 saturated heterocycles. The average molecular weight is 359 g/mol. The monoisotopic (exact) mass is 359 g/mol. The van der Waals surface area contributed by atoms with Gasteiger partial charge >= 0.3 is 0 Å². The van der Waals surface area contributed by atoms with Gasteiger partial charge in [-0.05, 0) is 31.9 Å². The third-order valence-electron chi connectivity index (χ3n) is 4.68. The van der Waals surface area contributed by atoms with Crippen molar-refractivity contribution in [3.05, 3.63) is 34.6 Å². The molecule has 5 nitrogen and oxygen atoms in total. The highest BCUT2D eigenvalue weighted by atomic mass is 32.2. The largest absolute Gasteiger partial charge is 0.342 e. The fraction of sp³-hybridized carbons (Fsp3) is 0.526. The number of aromatic nitrogens is 2. The number of para-hydroxylation sites is 1. The number of carbonyl (C=O) groups excluding carboxylic acids is 1. The second-order valence-electron chi connectivity index (χ2n) is 6.40. The molecule has 0 bridgehead atoms. The number of carbonyl (C=O) groups is 1. The molecule has 0 radical (unpaired) electrons. The van der Waals surface area contributed by atoms with Gasteiger partial charge in [-0.25, -0.2) is 4.98 Å². The summed E-state index contributed by atoms with van der Waals surface area (Å²) in [6, 6.07) is 7.38. The molecule has 6 heteroatoms. The number of benzene rings is 1. The number of thioether (sulfide) groups is 1. The Bertz CT molecular complexity index is 795. The highest BCUT2D eigenvalue weighted by molar-refractivity contribution is 7.99. The Kier molecular flexibility index (Phi) is 6.13. The van der Waals surface area contributed by atoms with E-state index >= 15 is 0 Å². The average Bonchev–Trinajstić information content (AvgIpc) is 2.59. The Morgan fingerprint density at radius 2 is 1.80 bits per heavy atom. The molecular weight excluding hydrogens is 334 g/mol. The maximum atomic E-state index is 12.6. The molecule has 0 atom stereocenters. The van der Waals surface area contributed by atoms with Gasteiger partial charge in [-0.15, -0.1) is 0 Å². The molecule has 0 aliphatic carbocycles. The molecule has 1 aliphatic rings. The minimum Gasteiger partial charge on any atom is -0.342 e. The van der Waals surface area contributed by atoms with Crippen LogP contribution in [0.25, 0.3) is 10.9 Å². The van der Waals surface area contributed by atoms with E-state index in [1.54, 1.807) is 10.6 Å². The molecule has 3 rings (SSSR count). The van der Waals surface area contributed by atoms with Crippen molar-refractivity contribution in [3.8, 4) is 0 Å². The number of fused-ring (bicyclic) bond motifs is 1. The summed E-state index contributed by atoms with van der Waals surface area (Å²) in [5.74, 6) is 0.488. The van der Waals surface area contributed by atoms with Crippen LogP contribution in [0.2, 0.25) is 0 Å². The molecule has 2 heterocycles. The standard InChI is InChI=1S/C19H25N3O2S/c1-2-22-18(24)15-10-6-7-11-16(15)20-19(22)25-14-17(23)21-12-8-4-3-5-9-13-21/h6-7,10-11H,2-5,8-9,12-14H2,1H3. The van der Waals surface area contributed by atoms with E-state index in [2.05, 4.69) is 4.98 Å². The number of amides is 1. The summed E-state index contributed by atoms with van der Waals surface area (Å²) in [5, 5.41) is 1.26. The summed E-state index contributed by atoms with van der Waals surface area (Å²) in [5.41, 5.74) is 0.660. The van der Waals surface area contributed by atoms with Crippen molar-refractivity contribution in [2.45, 2.75) is 50.7 Å². The lowest BCUT2D eigenvalue weighted by molar-refractivity contribution is -0.128. The number of rotatable bonds is 4. The maximum absolute atomic E-state index is 12.6. The second-order valence-corrected chi connectivity index (χ2v) is 7.34. The van der Waals surface area contributed by atoms with E-state index in [4.69, 9.17) is 0 Å². The van der Waals surface area contributed by atoms with Crippen LogP contribution in [0.1, 0.15) is 39.0 Å². The first-order valence-corrected chi connectivity index (χ1v) is 10.1. The van der Waals surface area contributed by atoms with E-state index in [9.17, 15) is 9.59 Å². The Balaban J connectivity index is 1.76. The van der Waals surface area contributed by atoms with Crippen LogP contribution >= 0.6 is 11.8 Å². The van der Waals surface area contributed by atoms with Crippen LogP contribution in [0, 0.1) is 0 Å². The number of hydrogen-bond donors (Lipinski definition) is 0. The Hall–Kier alpha value is -1.82. The van der Waals surface area contributed by atoms with Gasteiger partial charge in [0.1, 0.15) is 0 Å². The van der Waals surface area contributed by atoms with Gasteiger partial charge in [0, 0.05) is 19.6 Å². The van der Waals surface area contributed by atoms with Gasteiger partial charge in [0.05, 0.1) is 16.7 Å². The molecule has 1 fully saturated rings. The molecule has 0 unspecified atom stereocenters. The zero-order valence-electron chi connectivity index (χ0n) is 14.7. The molecule has 0 spiro atoms. The quantitative estimate of drug-likeness (QED) is 0.621. The highest BCUT2D eigenvalue weighted by Crippen LogP contribution is 2.19. The minimum absolute atomic E-state index is 0.0330. The summed E-state index contributed by atoms with van der Waals surface area (Å²) in [6.07, 6.45) is 5.87. The first-order chi connectivity index (χ1) is 12.2. The van der Waals surface area contributed by atoms with Crippen LogP contribution in [-0.2, 0) is 11.3 Å². The predicted molar refractivity (Wildman–Crippen MR) is 102 cm³/mol. The van der Waals surface area contributed by atoms with E-state index in [1.807, 2.05) is 30.0 Å². The second kappa shape index (κ2) is 8.52. The molecule has 1 aliphatic heterocycles. The summed E-state index contributed by atoms with van der Waals surface area (Å²) < 4.78 is 1.66. The predicted octanol–water partition coefficient (Wildman–Crippen LogP) is 3.30. The van der Waals surface area contributed by atoms with Crippen molar-refractivity contribution in [1.29, 1.82) is 0 Å². The Labute approximate surface area is 152 Å². The van der Waals surface area contributed by atoms with Gasteiger partial charge in [-0.3, -0.25) is 14.2 Å². The lowest BCUT2D eigenvalue weighted by atomic mass is 10.1. The van der Waals surface area contributed by atoms with Gasteiger partial charge in [0.25, 0.3) is 5.56 Å². The summed E-state index contributed by atoms with van der Waals surface area (Å²) in [7, 11) is 0. The third kappa shape index (κ3) is 4.24. The van der Waals surface area contributed by atoms with E-state index in [1.165, 1.54) is 31.0 Å². The zero-order chi connectivity index (χ0) is 17.6. The van der Waals surface area contributed by atoms with E-state index in [-0.39, 0.29) is 11.5 Å². The molecule has 1 aromatic carbocycles. The molecule has 0 saturated carbocycles. The maximum Gasteiger partial charge on any atom is 0.262 e. The third-order valence-corrected chi connectivity index (χ3v) is 5.64. The fourth-order valence-electron chi connectivity index (χ4n) is 3.25. The minimum atomic E-state index is -0.0330. The van der Waals surface area contributed by atoms with Crippen LogP contribution in [0.3, 0.4) is 0 Å². The number of hydrogen-bond acceptors (Lipinski definition) is 4. The van der Waals surface area contributed by atoms with Crippen molar-refractivity contribution in [3.63, 3.8) is 0 Å². The van der Waals surface area contributed by atoms with Crippen molar-refractivity contribution < 1.29 is 4.79 Å². The fourth-order valence-corrected chi connectivity index (χ4v) is 4.22. The molecule has 25 heavy (non-hydrogen) atoms. The van der Waals surface area contributed by atoms with Gasteiger partial charge in [-0.1, -0.05) is 43.2 Å². The van der Waals surface area contributed by atoms with Gasteiger partial charge in [0.2, 0.25) is 5.91 Å². The molecule has 1 amide bonds. The number of likely N-dealkylation sites (tertiary alicyclic amines) is 1. The van der Waals surface area contributed by atoms with Gasteiger partial charge < -0.3 is 4.90 Å². The Morgan fingerprint density at radius 1 is 1.12 bits per heavy atom. The van der Waals surface area contributed by atoms with E-state index in [0.717, 1.165) is 25.9 Å². The van der Waals surface area contributed by atoms with Gasteiger partial charge in [-0.2, -0.15) is 0 Å². The summed E-state index contributed by atoms with van der Waals surface area (Å²) in [6.45, 7) is 4.19. The first kappa shape index (κ1) is 18.0. The molecule has 134 valence electrons. The van der Waals surface area contributed by atoms with Crippen molar-refractivity contribution >= 4 is 28.6 Å². The highest BCUT2D eigenvalue weighted by Gasteiger charge is 2.17. The lowest BCUT2D eigenvalue weighted by Crippen LogP contribution is -2.35. The van der Waals surface area contributed by atoms with Crippen molar-refractivity contribution in [2.24, 2.45) is 0 Å². The lowest BCUT2D eigenvalue weighted by Gasteiger charge is -2.24.